The van der Waals surface area contributed by atoms with Gasteiger partial charge in [-0.3, -0.25) is 4.55 Å². The number of rotatable bonds is 12. The SMILES string of the molecule is CCCC(N)(CCCCCCCCS)OS(=O)(=O)O. The quantitative estimate of drug-likeness (QED) is 0.223. The maximum absolute atomic E-state index is 10.8. The lowest BCUT2D eigenvalue weighted by molar-refractivity contribution is 0.0475. The van der Waals surface area contributed by atoms with Crippen molar-refractivity contribution in [3.8, 4) is 0 Å². The Balaban J connectivity index is 3.94. The molecule has 0 aromatic rings. The van der Waals surface area contributed by atoms with Gasteiger partial charge in [0.25, 0.3) is 0 Å². The van der Waals surface area contributed by atoms with Crippen molar-refractivity contribution in [1.82, 2.24) is 0 Å². The molecular formula is C12H27NO4S2. The van der Waals surface area contributed by atoms with Crippen LogP contribution in [-0.2, 0) is 14.6 Å². The number of hydrogen-bond acceptors (Lipinski definition) is 5. The van der Waals surface area contributed by atoms with Crippen LogP contribution in [0.5, 0.6) is 0 Å². The van der Waals surface area contributed by atoms with Crippen LogP contribution in [-0.4, -0.2) is 24.4 Å². The van der Waals surface area contributed by atoms with Crippen LogP contribution in [0.4, 0.5) is 0 Å². The van der Waals surface area contributed by atoms with Crippen LogP contribution in [0.15, 0.2) is 0 Å². The first-order valence-electron chi connectivity index (χ1n) is 6.91. The van der Waals surface area contributed by atoms with E-state index in [1.165, 1.54) is 6.42 Å². The largest absolute Gasteiger partial charge is 0.399 e. The van der Waals surface area contributed by atoms with E-state index < -0.39 is 16.1 Å². The van der Waals surface area contributed by atoms with Gasteiger partial charge in [0.1, 0.15) is 5.72 Å². The normalized spacial score (nSPS) is 15.4. The lowest BCUT2D eigenvalue weighted by Gasteiger charge is -2.27. The number of unbranched alkanes of at least 4 members (excludes halogenated alkanes) is 5. The summed E-state index contributed by atoms with van der Waals surface area (Å²) in [5.41, 5.74) is 4.62. The second-order valence-electron chi connectivity index (χ2n) is 4.92. The summed E-state index contributed by atoms with van der Waals surface area (Å²) in [4.78, 5) is 0. The molecule has 0 saturated carbocycles. The highest BCUT2D eigenvalue weighted by molar-refractivity contribution is 7.81. The molecule has 0 saturated heterocycles. The van der Waals surface area contributed by atoms with Crippen molar-refractivity contribution in [2.24, 2.45) is 5.73 Å². The molecule has 0 aliphatic rings. The summed E-state index contributed by atoms with van der Waals surface area (Å²) >= 11 is 4.15. The lowest BCUT2D eigenvalue weighted by Crippen LogP contribution is -2.44. The Labute approximate surface area is 122 Å². The number of thiol groups is 1. The first-order chi connectivity index (χ1) is 8.83. The summed E-state index contributed by atoms with van der Waals surface area (Å²) < 4.78 is 34.9. The molecule has 0 amide bonds. The fraction of sp³-hybridized carbons (Fsp3) is 1.00. The second-order valence-corrected chi connectivity index (χ2v) is 6.39. The average molecular weight is 313 g/mol. The topological polar surface area (TPSA) is 89.6 Å². The van der Waals surface area contributed by atoms with Gasteiger partial charge in [-0.25, -0.2) is 4.18 Å². The number of nitrogens with two attached hydrogens (primary N) is 1. The molecule has 116 valence electrons. The van der Waals surface area contributed by atoms with Crippen LogP contribution in [0.1, 0.15) is 64.7 Å². The summed E-state index contributed by atoms with van der Waals surface area (Å²) in [5, 5.41) is 0. The fourth-order valence-corrected chi connectivity index (χ4v) is 2.89. The highest BCUT2D eigenvalue weighted by Crippen LogP contribution is 2.22. The molecule has 0 aromatic heterocycles. The molecule has 0 heterocycles. The molecular weight excluding hydrogens is 286 g/mol. The highest BCUT2D eigenvalue weighted by Gasteiger charge is 2.30. The Kier molecular flexibility index (Phi) is 10.1. The molecule has 0 rings (SSSR count). The summed E-state index contributed by atoms with van der Waals surface area (Å²) in [7, 11) is -4.49. The standard InChI is InChI=1S/C12H27NO4S2/c1-2-9-12(13,17-19(14,15)16)10-7-5-3-4-6-8-11-18/h18H,2-11,13H2,1H3,(H,14,15,16). The van der Waals surface area contributed by atoms with Crippen LogP contribution < -0.4 is 5.73 Å². The van der Waals surface area contributed by atoms with Crippen molar-refractivity contribution in [2.45, 2.75) is 70.4 Å². The Morgan fingerprint density at radius 3 is 2.11 bits per heavy atom. The minimum atomic E-state index is -4.49. The first kappa shape index (κ1) is 19.2. The van der Waals surface area contributed by atoms with E-state index in [1.54, 1.807) is 0 Å². The lowest BCUT2D eigenvalue weighted by atomic mass is 10.00. The first-order valence-corrected chi connectivity index (χ1v) is 8.90. The van der Waals surface area contributed by atoms with Gasteiger partial charge in [0.05, 0.1) is 0 Å². The Hall–Kier alpha value is 0.180. The molecule has 0 spiro atoms. The minimum Gasteiger partial charge on any atom is -0.302 e. The Morgan fingerprint density at radius 1 is 1.11 bits per heavy atom. The van der Waals surface area contributed by atoms with Crippen molar-refractivity contribution >= 4 is 23.0 Å². The summed E-state index contributed by atoms with van der Waals surface area (Å²) in [6.07, 6.45) is 7.90. The predicted molar refractivity (Wildman–Crippen MR) is 80.6 cm³/mol. The summed E-state index contributed by atoms with van der Waals surface area (Å²) in [5.74, 6) is 0.921. The average Bonchev–Trinajstić information content (AvgIpc) is 2.25. The molecule has 0 aromatic carbocycles. The molecule has 5 nitrogen and oxygen atoms in total. The molecule has 1 unspecified atom stereocenters. The van der Waals surface area contributed by atoms with Gasteiger partial charge in [-0.1, -0.05) is 39.0 Å². The summed E-state index contributed by atoms with van der Waals surface area (Å²) in [6, 6.07) is 0. The van der Waals surface area contributed by atoms with Crippen molar-refractivity contribution in [1.29, 1.82) is 0 Å². The van der Waals surface area contributed by atoms with Crippen LogP contribution in [0.3, 0.4) is 0 Å². The van der Waals surface area contributed by atoms with Gasteiger partial charge in [0.2, 0.25) is 0 Å². The van der Waals surface area contributed by atoms with Crippen LogP contribution in [0.25, 0.3) is 0 Å². The van der Waals surface area contributed by atoms with E-state index in [0.29, 0.717) is 19.3 Å². The third-order valence-electron chi connectivity index (χ3n) is 2.95. The van der Waals surface area contributed by atoms with E-state index in [1.807, 2.05) is 6.92 Å². The maximum Gasteiger partial charge on any atom is 0.399 e. The van der Waals surface area contributed by atoms with E-state index in [2.05, 4.69) is 16.8 Å². The monoisotopic (exact) mass is 313 g/mol. The maximum atomic E-state index is 10.8. The molecule has 0 fully saturated rings. The van der Waals surface area contributed by atoms with Gasteiger partial charge in [0.15, 0.2) is 0 Å². The van der Waals surface area contributed by atoms with Crippen molar-refractivity contribution in [2.75, 3.05) is 5.75 Å². The molecule has 1 atom stereocenters. The third kappa shape index (κ3) is 11.7. The van der Waals surface area contributed by atoms with Gasteiger partial charge >= 0.3 is 10.4 Å². The zero-order valence-electron chi connectivity index (χ0n) is 11.7. The van der Waals surface area contributed by atoms with Crippen molar-refractivity contribution in [3.05, 3.63) is 0 Å². The third-order valence-corrected chi connectivity index (χ3v) is 3.81. The van der Waals surface area contributed by atoms with Crippen LogP contribution in [0, 0.1) is 0 Å². The zero-order valence-corrected chi connectivity index (χ0v) is 13.4. The molecule has 19 heavy (non-hydrogen) atoms. The van der Waals surface area contributed by atoms with Crippen LogP contribution in [0.2, 0.25) is 0 Å². The molecule has 0 bridgehead atoms. The van der Waals surface area contributed by atoms with E-state index in [-0.39, 0.29) is 0 Å². The molecule has 0 radical (unpaired) electrons. The van der Waals surface area contributed by atoms with E-state index in [9.17, 15) is 8.42 Å². The molecule has 0 aliphatic carbocycles. The Morgan fingerprint density at radius 2 is 1.63 bits per heavy atom. The van der Waals surface area contributed by atoms with Gasteiger partial charge in [0, 0.05) is 0 Å². The molecule has 3 N–H and O–H groups in total. The van der Waals surface area contributed by atoms with Gasteiger partial charge in [-0.2, -0.15) is 21.0 Å². The summed E-state index contributed by atoms with van der Waals surface area (Å²) in [6.45, 7) is 1.90. The molecule has 7 heteroatoms. The molecule has 0 aliphatic heterocycles. The van der Waals surface area contributed by atoms with Crippen molar-refractivity contribution in [3.63, 3.8) is 0 Å². The number of hydrogen-bond donors (Lipinski definition) is 3. The Bertz CT molecular complexity index is 322. The van der Waals surface area contributed by atoms with Crippen LogP contribution >= 0.6 is 12.6 Å². The minimum absolute atomic E-state index is 0.409. The predicted octanol–water partition coefficient (Wildman–Crippen LogP) is 2.92. The van der Waals surface area contributed by atoms with E-state index in [4.69, 9.17) is 10.3 Å². The smallest absolute Gasteiger partial charge is 0.302 e. The highest BCUT2D eigenvalue weighted by atomic mass is 32.3. The van der Waals surface area contributed by atoms with E-state index in [0.717, 1.165) is 37.9 Å². The fourth-order valence-electron chi connectivity index (χ4n) is 2.08. The van der Waals surface area contributed by atoms with E-state index >= 15 is 0 Å². The van der Waals surface area contributed by atoms with Gasteiger partial charge < -0.3 is 5.73 Å². The second kappa shape index (κ2) is 9.99. The zero-order chi connectivity index (χ0) is 14.8. The van der Waals surface area contributed by atoms with Gasteiger partial charge in [-0.05, 0) is 31.4 Å². The van der Waals surface area contributed by atoms with Gasteiger partial charge in [-0.15, -0.1) is 0 Å². The van der Waals surface area contributed by atoms with Crippen molar-refractivity contribution < 1.29 is 17.2 Å².